The third-order valence-electron chi connectivity index (χ3n) is 8.96. The lowest BCUT2D eigenvalue weighted by atomic mass is 10.2. The molecule has 0 amide bonds. The van der Waals surface area contributed by atoms with Crippen LogP contribution in [0.4, 0.5) is 13.2 Å². The molecule has 19 nitrogen and oxygen atoms in total. The molecule has 0 saturated heterocycles. The summed E-state index contributed by atoms with van der Waals surface area (Å²) in [7, 11) is 0. The number of thiocarbonyl (C=S) groups is 3. The maximum Gasteiger partial charge on any atom is 0.151 e. The van der Waals surface area contributed by atoms with Gasteiger partial charge in [-0.1, -0.05) is 52.3 Å². The van der Waals surface area contributed by atoms with Gasteiger partial charge in [-0.3, -0.25) is 0 Å². The molecule has 3 aromatic carbocycles. The normalized spacial score (nSPS) is 10.6. The quantitative estimate of drug-likeness (QED) is 0.130. The molecule has 0 unspecified atom stereocenters. The van der Waals surface area contributed by atoms with Crippen LogP contribution in [0.15, 0.2) is 123 Å². The third-order valence-corrected chi connectivity index (χ3v) is 9.40. The van der Waals surface area contributed by atoms with Crippen molar-refractivity contribution >= 4 is 51.6 Å². The Kier molecular flexibility index (Phi) is 15.1. The number of aromatic nitrogens is 16. The molecule has 0 atom stereocenters. The Morgan fingerprint density at radius 2 is 0.970 bits per heavy atom. The first kappa shape index (κ1) is 46.1. The number of hydrogen-bond donors (Lipinski definition) is 3. The molecule has 0 aliphatic heterocycles. The monoisotopic (exact) mass is 949 g/mol. The molecule has 25 heteroatoms. The van der Waals surface area contributed by atoms with E-state index in [1.165, 1.54) is 54.3 Å². The Morgan fingerprint density at radius 3 is 1.33 bits per heavy atom. The standard InChI is InChI=1S/2C14H13FN6S.C13H12FN7S/c1-10(22)16-8-11-9-21(19-18-11)12-3-4-14(13(15)7-12)20-6-2-5-17-20;1-10(22)17-7-11-8-21(19-18-11)12-2-3-14(13(15)6-12)20-5-4-16-9-20;1-9(22)16-5-10-6-20(19-18-10)11-2-3-13(12(14)4-11)21-8-15-7-17-21/h2-7,9H,8H2,1H3,(H,16,22);2-6,8-9H,7H2,1H3,(H,17,22);2-4,6-8H,5H2,1H3,(H,16,22). The molecule has 9 rings (SSSR count). The summed E-state index contributed by atoms with van der Waals surface area (Å²) in [5.41, 5.74) is 5.05. The van der Waals surface area contributed by atoms with Crippen molar-refractivity contribution in [3.05, 3.63) is 158 Å². The maximum absolute atomic E-state index is 14.2. The summed E-state index contributed by atoms with van der Waals surface area (Å²) in [6.45, 7) is 6.84. The second-order valence-electron chi connectivity index (χ2n) is 13.9. The zero-order chi connectivity index (χ0) is 46.6. The van der Waals surface area contributed by atoms with Crippen LogP contribution in [0.3, 0.4) is 0 Å². The van der Waals surface area contributed by atoms with E-state index < -0.39 is 5.82 Å². The fourth-order valence-corrected chi connectivity index (χ4v) is 6.02. The van der Waals surface area contributed by atoms with Crippen LogP contribution in [-0.4, -0.2) is 94.0 Å². The fraction of sp³-hybridized carbons (Fsp3) is 0.146. The average Bonchev–Trinajstić information content (AvgIpc) is 4.15. The van der Waals surface area contributed by atoms with Crippen LogP contribution in [-0.2, 0) is 19.6 Å². The van der Waals surface area contributed by atoms with Crippen LogP contribution >= 0.6 is 36.7 Å². The van der Waals surface area contributed by atoms with E-state index in [9.17, 15) is 13.2 Å². The predicted molar refractivity (Wildman–Crippen MR) is 248 cm³/mol. The first-order valence-corrected chi connectivity index (χ1v) is 20.8. The molecule has 6 aromatic heterocycles. The summed E-state index contributed by atoms with van der Waals surface area (Å²) < 4.78 is 51.6. The van der Waals surface area contributed by atoms with Gasteiger partial charge in [0, 0.05) is 43.0 Å². The molecular formula is C41H38F3N19S3. The fourth-order valence-electron chi connectivity index (χ4n) is 5.80. The summed E-state index contributed by atoms with van der Waals surface area (Å²) in [5, 5.41) is 40.9. The van der Waals surface area contributed by atoms with Crippen molar-refractivity contribution in [2.75, 3.05) is 0 Å². The Hall–Kier alpha value is -7.90. The molecule has 0 bridgehead atoms. The van der Waals surface area contributed by atoms with E-state index >= 15 is 0 Å². The van der Waals surface area contributed by atoms with Crippen LogP contribution in [0.2, 0.25) is 0 Å². The zero-order valence-corrected chi connectivity index (χ0v) is 37.6. The van der Waals surface area contributed by atoms with Gasteiger partial charge in [-0.2, -0.15) is 10.2 Å². The molecular weight excluding hydrogens is 912 g/mol. The van der Waals surface area contributed by atoms with E-state index in [4.69, 9.17) is 36.7 Å². The van der Waals surface area contributed by atoms with Crippen LogP contribution in [0.1, 0.15) is 37.9 Å². The third kappa shape index (κ3) is 12.2. The topological polar surface area (TPSA) is 195 Å². The van der Waals surface area contributed by atoms with E-state index in [2.05, 4.69) is 67.1 Å². The molecule has 0 spiro atoms. The minimum Gasteiger partial charge on any atom is -0.374 e. The summed E-state index contributed by atoms with van der Waals surface area (Å²) in [4.78, 5) is 9.76. The van der Waals surface area contributed by atoms with E-state index in [-0.39, 0.29) is 11.6 Å². The van der Waals surface area contributed by atoms with Gasteiger partial charge in [-0.05, 0) is 63.2 Å². The molecule has 0 aliphatic carbocycles. The first-order valence-electron chi connectivity index (χ1n) is 19.6. The van der Waals surface area contributed by atoms with Gasteiger partial charge in [0.05, 0.1) is 82.3 Å². The highest BCUT2D eigenvalue weighted by Gasteiger charge is 2.12. The summed E-state index contributed by atoms with van der Waals surface area (Å²) in [6, 6.07) is 16.1. The molecule has 9 aromatic rings. The number of benzene rings is 3. The highest BCUT2D eigenvalue weighted by Crippen LogP contribution is 2.19. The number of nitrogens with zero attached hydrogens (tertiary/aromatic N) is 16. The smallest absolute Gasteiger partial charge is 0.151 e. The Balaban J connectivity index is 0.000000147. The maximum atomic E-state index is 14.2. The van der Waals surface area contributed by atoms with Gasteiger partial charge in [0.1, 0.15) is 46.9 Å². The van der Waals surface area contributed by atoms with Crippen molar-refractivity contribution in [3.8, 4) is 34.1 Å². The minimum absolute atomic E-state index is 0.319. The van der Waals surface area contributed by atoms with Crippen molar-refractivity contribution in [1.82, 2.24) is 95.0 Å². The van der Waals surface area contributed by atoms with E-state index in [1.807, 2.05) is 0 Å². The molecule has 0 fully saturated rings. The summed E-state index contributed by atoms with van der Waals surface area (Å²) in [6.07, 6.45) is 16.1. The summed E-state index contributed by atoms with van der Waals surface area (Å²) in [5.74, 6) is -1.17. The van der Waals surface area contributed by atoms with E-state index in [0.29, 0.717) is 74.4 Å². The average molecular weight is 950 g/mol. The van der Waals surface area contributed by atoms with Crippen LogP contribution < -0.4 is 16.0 Å². The highest BCUT2D eigenvalue weighted by atomic mass is 32.1. The number of nitrogens with one attached hydrogen (secondary N) is 3. The Bertz CT molecular complexity index is 2710. The lowest BCUT2D eigenvalue weighted by Crippen LogP contribution is -2.17. The molecule has 0 saturated carbocycles. The van der Waals surface area contributed by atoms with Gasteiger partial charge >= 0.3 is 0 Å². The molecule has 3 N–H and O–H groups in total. The molecule has 0 radical (unpaired) electrons. The van der Waals surface area contributed by atoms with Gasteiger partial charge in [-0.25, -0.2) is 46.5 Å². The molecule has 6 heterocycles. The van der Waals surface area contributed by atoms with Gasteiger partial charge in [0.25, 0.3) is 0 Å². The largest absolute Gasteiger partial charge is 0.374 e. The summed E-state index contributed by atoms with van der Waals surface area (Å²) >= 11 is 14.8. The molecule has 66 heavy (non-hydrogen) atoms. The number of imidazole rings is 1. The van der Waals surface area contributed by atoms with Gasteiger partial charge < -0.3 is 20.5 Å². The zero-order valence-electron chi connectivity index (χ0n) is 35.2. The lowest BCUT2D eigenvalue weighted by Gasteiger charge is -2.06. The van der Waals surface area contributed by atoms with Gasteiger partial charge in [0.15, 0.2) is 11.6 Å². The second-order valence-corrected chi connectivity index (χ2v) is 15.7. The van der Waals surface area contributed by atoms with E-state index in [1.54, 1.807) is 118 Å². The number of halogens is 3. The van der Waals surface area contributed by atoms with Crippen molar-refractivity contribution in [2.45, 2.75) is 40.4 Å². The van der Waals surface area contributed by atoms with Crippen LogP contribution in [0.25, 0.3) is 34.1 Å². The number of rotatable bonds is 12. The van der Waals surface area contributed by atoms with Gasteiger partial charge in [-0.15, -0.1) is 15.3 Å². The minimum atomic E-state index is -0.423. The molecule has 336 valence electrons. The van der Waals surface area contributed by atoms with Crippen molar-refractivity contribution in [2.24, 2.45) is 0 Å². The molecule has 0 aliphatic rings. The SMILES string of the molecule is CC(=S)NCc1cn(-c2ccc(-n3cccn3)c(F)c2)nn1.CC(=S)NCc1cn(-c2ccc(-n3ccnc3)c(F)c2)nn1.CC(=S)NCc1cn(-c2ccc(-n3cncn3)c(F)c2)nn1. The second kappa shape index (κ2) is 21.7. The Morgan fingerprint density at radius 1 is 0.515 bits per heavy atom. The van der Waals surface area contributed by atoms with Crippen LogP contribution in [0.5, 0.6) is 0 Å². The first-order chi connectivity index (χ1) is 31.9. The predicted octanol–water partition coefficient (Wildman–Crippen LogP) is 5.48. The highest BCUT2D eigenvalue weighted by molar-refractivity contribution is 7.80. The van der Waals surface area contributed by atoms with Crippen LogP contribution in [0, 0.1) is 17.5 Å². The van der Waals surface area contributed by atoms with Crippen molar-refractivity contribution < 1.29 is 13.2 Å². The van der Waals surface area contributed by atoms with E-state index in [0.717, 1.165) is 11.4 Å². The van der Waals surface area contributed by atoms with Gasteiger partial charge in [0.2, 0.25) is 0 Å². The lowest BCUT2D eigenvalue weighted by molar-refractivity contribution is 0.607. The van der Waals surface area contributed by atoms with Crippen molar-refractivity contribution in [1.29, 1.82) is 0 Å². The number of hydrogen-bond acceptors (Lipinski definition) is 13. The van der Waals surface area contributed by atoms with Crippen molar-refractivity contribution in [3.63, 3.8) is 0 Å². The Labute approximate surface area is 390 Å².